The van der Waals surface area contributed by atoms with Crippen LogP contribution in [0.5, 0.6) is 5.75 Å². The monoisotopic (exact) mass is 684 g/mol. The van der Waals surface area contributed by atoms with Gasteiger partial charge in [0.2, 0.25) is 17.7 Å². The van der Waals surface area contributed by atoms with E-state index in [1.165, 1.54) is 22.8 Å². The maximum Gasteiger partial charge on any atom is 0.264 e. The van der Waals surface area contributed by atoms with Gasteiger partial charge in [0.05, 0.1) is 17.7 Å². The SMILES string of the molecule is CC/C(=C(\c1ccccc1)c1ccc(OCCN(C)C(=O)CCNc2cccc3c2C(=O)N(C2CCC(=O)NC2=O)C3=O)cc1)c1ccccc1. The summed E-state index contributed by atoms with van der Waals surface area (Å²) in [6.45, 7) is 3.08. The molecule has 2 aliphatic rings. The van der Waals surface area contributed by atoms with Gasteiger partial charge in [0.25, 0.3) is 11.8 Å². The second-order valence-corrected chi connectivity index (χ2v) is 12.5. The van der Waals surface area contributed by atoms with Crippen LogP contribution in [0.25, 0.3) is 11.1 Å². The van der Waals surface area contributed by atoms with Crippen LogP contribution >= 0.6 is 0 Å². The number of hydrogen-bond donors (Lipinski definition) is 2. The van der Waals surface area contributed by atoms with E-state index in [0.717, 1.165) is 22.4 Å². The van der Waals surface area contributed by atoms with Crippen molar-refractivity contribution >= 4 is 46.4 Å². The number of piperidine rings is 1. The van der Waals surface area contributed by atoms with Crippen LogP contribution in [0.15, 0.2) is 103 Å². The molecule has 1 fully saturated rings. The largest absolute Gasteiger partial charge is 0.492 e. The number of allylic oxidation sites excluding steroid dienone is 1. The highest BCUT2D eigenvalue weighted by Crippen LogP contribution is 2.35. The molecule has 0 saturated carbocycles. The number of ether oxygens (including phenoxy) is 1. The van der Waals surface area contributed by atoms with Gasteiger partial charge >= 0.3 is 0 Å². The molecule has 5 amide bonds. The zero-order valence-corrected chi connectivity index (χ0v) is 28.7. The van der Waals surface area contributed by atoms with Crippen LogP contribution in [0, 0.1) is 0 Å². The fourth-order valence-corrected chi connectivity index (χ4v) is 6.58. The van der Waals surface area contributed by atoms with Gasteiger partial charge in [-0.15, -0.1) is 0 Å². The molecule has 2 N–H and O–H groups in total. The minimum absolute atomic E-state index is 0.0457. The molecule has 0 aliphatic carbocycles. The number of carbonyl (C=O) groups excluding carboxylic acids is 5. The standard InChI is InChI=1S/C41H40N4O6/c1-3-31(27-11-6-4-7-12-27)37(28-13-8-5-9-14-28)29-17-19-30(20-18-29)51-26-25-44(2)36(47)23-24-42-33-16-10-15-32-38(33)41(50)45(40(32)49)34-21-22-35(46)43-39(34)48/h4-20,34,42H,3,21-26H2,1-2H3,(H,43,46,48)/b37-31-. The summed E-state index contributed by atoms with van der Waals surface area (Å²) in [5.41, 5.74) is 6.61. The number of hydrogen-bond acceptors (Lipinski definition) is 7. The number of nitrogens with one attached hydrogen (secondary N) is 2. The Hall–Kier alpha value is -6.03. The third-order valence-electron chi connectivity index (χ3n) is 9.23. The van der Waals surface area contributed by atoms with E-state index in [2.05, 4.69) is 78.2 Å². The molecule has 0 radical (unpaired) electrons. The Labute approximate surface area is 297 Å². The molecular formula is C41H40N4O6. The molecule has 2 aliphatic heterocycles. The Kier molecular flexibility index (Phi) is 10.7. The minimum Gasteiger partial charge on any atom is -0.492 e. The Morgan fingerprint density at radius 2 is 1.51 bits per heavy atom. The first-order valence-corrected chi connectivity index (χ1v) is 17.2. The maximum absolute atomic E-state index is 13.3. The molecule has 4 aromatic rings. The molecule has 51 heavy (non-hydrogen) atoms. The highest BCUT2D eigenvalue weighted by molar-refractivity contribution is 6.25. The van der Waals surface area contributed by atoms with Gasteiger partial charge in [0.15, 0.2) is 0 Å². The highest BCUT2D eigenvalue weighted by Gasteiger charge is 2.45. The molecule has 1 saturated heterocycles. The highest BCUT2D eigenvalue weighted by atomic mass is 16.5. The van der Waals surface area contributed by atoms with Gasteiger partial charge in [-0.1, -0.05) is 85.8 Å². The second kappa shape index (κ2) is 15.7. The quantitative estimate of drug-likeness (QED) is 0.135. The lowest BCUT2D eigenvalue weighted by Gasteiger charge is -2.27. The number of fused-ring (bicyclic) bond motifs is 1. The van der Waals surface area contributed by atoms with Crippen molar-refractivity contribution in [3.63, 3.8) is 0 Å². The van der Waals surface area contributed by atoms with Crippen molar-refractivity contribution in [2.24, 2.45) is 0 Å². The molecule has 2 heterocycles. The summed E-state index contributed by atoms with van der Waals surface area (Å²) >= 11 is 0. The molecule has 1 atom stereocenters. The Morgan fingerprint density at radius 3 is 2.18 bits per heavy atom. The molecular weight excluding hydrogens is 644 g/mol. The van der Waals surface area contributed by atoms with E-state index >= 15 is 0 Å². The molecule has 6 rings (SSSR count). The summed E-state index contributed by atoms with van der Waals surface area (Å²) < 4.78 is 6.01. The number of anilines is 1. The van der Waals surface area contributed by atoms with E-state index in [0.29, 0.717) is 24.6 Å². The number of nitrogens with zero attached hydrogens (tertiary/aromatic N) is 2. The summed E-state index contributed by atoms with van der Waals surface area (Å²) in [7, 11) is 1.71. The van der Waals surface area contributed by atoms with Crippen LogP contribution in [0.3, 0.4) is 0 Å². The van der Waals surface area contributed by atoms with Gasteiger partial charge < -0.3 is 15.0 Å². The topological polar surface area (TPSA) is 125 Å². The van der Waals surface area contributed by atoms with Crippen LogP contribution in [0.1, 0.15) is 70.0 Å². The summed E-state index contributed by atoms with van der Waals surface area (Å²) in [5, 5.41) is 5.32. The van der Waals surface area contributed by atoms with Crippen LogP contribution in [-0.2, 0) is 14.4 Å². The van der Waals surface area contributed by atoms with Gasteiger partial charge in [-0.3, -0.25) is 34.2 Å². The van der Waals surface area contributed by atoms with Crippen molar-refractivity contribution in [2.45, 2.75) is 38.6 Å². The summed E-state index contributed by atoms with van der Waals surface area (Å²) in [5.74, 6) is -1.69. The van der Waals surface area contributed by atoms with E-state index in [1.54, 1.807) is 24.1 Å². The molecule has 0 bridgehead atoms. The molecule has 1 unspecified atom stereocenters. The average molecular weight is 685 g/mol. The average Bonchev–Trinajstić information content (AvgIpc) is 3.40. The van der Waals surface area contributed by atoms with Gasteiger partial charge in [0.1, 0.15) is 18.4 Å². The molecule has 0 spiro atoms. The summed E-state index contributed by atoms with van der Waals surface area (Å²) in [6.07, 6.45) is 1.14. The molecule has 0 aromatic heterocycles. The predicted molar refractivity (Wildman–Crippen MR) is 195 cm³/mol. The third kappa shape index (κ3) is 7.60. The molecule has 4 aromatic carbocycles. The minimum atomic E-state index is -1.05. The van der Waals surface area contributed by atoms with Gasteiger partial charge in [-0.25, -0.2) is 0 Å². The first kappa shape index (κ1) is 34.8. The lowest BCUT2D eigenvalue weighted by atomic mass is 9.88. The lowest BCUT2D eigenvalue weighted by Crippen LogP contribution is -2.54. The summed E-state index contributed by atoms with van der Waals surface area (Å²) in [6, 6.07) is 32.6. The second-order valence-electron chi connectivity index (χ2n) is 12.5. The fourth-order valence-electron chi connectivity index (χ4n) is 6.58. The van der Waals surface area contributed by atoms with E-state index in [1.807, 2.05) is 24.3 Å². The van der Waals surface area contributed by atoms with Crippen molar-refractivity contribution in [3.05, 3.63) is 131 Å². The van der Waals surface area contributed by atoms with E-state index in [-0.39, 0.29) is 42.8 Å². The van der Waals surface area contributed by atoms with E-state index < -0.39 is 29.7 Å². The van der Waals surface area contributed by atoms with Crippen LogP contribution in [0.2, 0.25) is 0 Å². The van der Waals surface area contributed by atoms with Crippen molar-refractivity contribution in [1.29, 1.82) is 0 Å². The Morgan fingerprint density at radius 1 is 0.843 bits per heavy atom. The molecule has 10 heteroatoms. The predicted octanol–water partition coefficient (Wildman–Crippen LogP) is 5.80. The molecule has 10 nitrogen and oxygen atoms in total. The fraction of sp³-hybridized carbons (Fsp3) is 0.244. The normalized spacial score (nSPS) is 16.0. The Bertz CT molecular complexity index is 1970. The Balaban J connectivity index is 1.03. The smallest absolute Gasteiger partial charge is 0.264 e. The number of benzene rings is 4. The zero-order valence-electron chi connectivity index (χ0n) is 28.7. The van der Waals surface area contributed by atoms with Crippen molar-refractivity contribution in [1.82, 2.24) is 15.1 Å². The zero-order chi connectivity index (χ0) is 35.9. The number of carbonyl (C=O) groups is 5. The number of amides is 5. The maximum atomic E-state index is 13.3. The number of rotatable bonds is 13. The lowest BCUT2D eigenvalue weighted by molar-refractivity contribution is -0.136. The number of likely N-dealkylation sites (N-methyl/N-ethyl adjacent to an activating group) is 1. The van der Waals surface area contributed by atoms with Gasteiger partial charge in [0, 0.05) is 32.1 Å². The van der Waals surface area contributed by atoms with Crippen LogP contribution in [-0.4, -0.2) is 72.1 Å². The van der Waals surface area contributed by atoms with Gasteiger partial charge in [-0.05, 0) is 64.9 Å². The van der Waals surface area contributed by atoms with Crippen molar-refractivity contribution in [2.75, 3.05) is 32.1 Å². The van der Waals surface area contributed by atoms with Crippen LogP contribution < -0.4 is 15.4 Å². The molecule has 260 valence electrons. The first-order valence-electron chi connectivity index (χ1n) is 17.2. The van der Waals surface area contributed by atoms with E-state index in [9.17, 15) is 24.0 Å². The van der Waals surface area contributed by atoms with E-state index in [4.69, 9.17) is 4.74 Å². The summed E-state index contributed by atoms with van der Waals surface area (Å²) in [4.78, 5) is 65.9. The number of imide groups is 2. The van der Waals surface area contributed by atoms with Crippen molar-refractivity contribution in [3.8, 4) is 5.75 Å². The third-order valence-corrected chi connectivity index (χ3v) is 9.23. The van der Waals surface area contributed by atoms with Crippen molar-refractivity contribution < 1.29 is 28.7 Å². The van der Waals surface area contributed by atoms with Gasteiger partial charge in [-0.2, -0.15) is 0 Å². The van der Waals surface area contributed by atoms with Crippen LogP contribution in [0.4, 0.5) is 5.69 Å². The first-order chi connectivity index (χ1) is 24.8.